The second-order valence-electron chi connectivity index (χ2n) is 5.76. The van der Waals surface area contributed by atoms with Crippen LogP contribution >= 0.6 is 0 Å². The molecule has 0 saturated heterocycles. The van der Waals surface area contributed by atoms with Crippen LogP contribution in [0.25, 0.3) is 0 Å². The molecule has 1 heterocycles. The van der Waals surface area contributed by atoms with Crippen molar-refractivity contribution in [3.05, 3.63) is 42.0 Å². The third-order valence-electron chi connectivity index (χ3n) is 4.08. The summed E-state index contributed by atoms with van der Waals surface area (Å²) in [7, 11) is 0.806. The molecule has 0 atom stereocenters. The molecular formula is C18H21NO6S. The molecule has 0 bridgehead atoms. The van der Waals surface area contributed by atoms with Gasteiger partial charge in [-0.25, -0.2) is 8.42 Å². The predicted molar refractivity (Wildman–Crippen MR) is 95.6 cm³/mol. The van der Waals surface area contributed by atoms with E-state index in [2.05, 4.69) is 0 Å². The maximum atomic E-state index is 12.9. The molecule has 1 aliphatic rings. The first kappa shape index (κ1) is 18.3. The lowest BCUT2D eigenvalue weighted by molar-refractivity contribution is 0.171. The number of methoxy groups -OCH3 is 2. The Labute approximate surface area is 153 Å². The molecule has 7 nitrogen and oxygen atoms in total. The average Bonchev–Trinajstić information content (AvgIpc) is 2.67. The van der Waals surface area contributed by atoms with E-state index < -0.39 is 10.0 Å². The van der Waals surface area contributed by atoms with E-state index in [-0.39, 0.29) is 11.4 Å². The van der Waals surface area contributed by atoms with Crippen molar-refractivity contribution < 1.29 is 27.4 Å². The van der Waals surface area contributed by atoms with Crippen LogP contribution in [-0.2, 0) is 16.6 Å². The number of fused-ring (bicyclic) bond motifs is 1. The highest BCUT2D eigenvalue weighted by Crippen LogP contribution is 2.33. The summed E-state index contributed by atoms with van der Waals surface area (Å²) in [5.74, 6) is 2.14. The Hall–Kier alpha value is -2.45. The summed E-state index contributed by atoms with van der Waals surface area (Å²) in [6.45, 7) is 1.20. The Morgan fingerprint density at radius 1 is 0.962 bits per heavy atom. The molecule has 8 heteroatoms. The van der Waals surface area contributed by atoms with Crippen LogP contribution in [0.5, 0.6) is 23.0 Å². The molecule has 0 aromatic heterocycles. The first-order valence-electron chi connectivity index (χ1n) is 8.02. The van der Waals surface area contributed by atoms with E-state index >= 15 is 0 Å². The predicted octanol–water partition coefficient (Wildman–Crippen LogP) is 2.30. The number of hydrogen-bond donors (Lipinski definition) is 0. The highest BCUT2D eigenvalue weighted by Gasteiger charge is 2.23. The topological polar surface area (TPSA) is 74.3 Å². The fraction of sp³-hybridized carbons (Fsp3) is 0.333. The van der Waals surface area contributed by atoms with Gasteiger partial charge in [0.25, 0.3) is 0 Å². The largest absolute Gasteiger partial charge is 0.493 e. The van der Waals surface area contributed by atoms with E-state index in [1.54, 1.807) is 18.2 Å². The molecule has 1 aliphatic heterocycles. The van der Waals surface area contributed by atoms with E-state index in [0.29, 0.717) is 36.2 Å². The van der Waals surface area contributed by atoms with Gasteiger partial charge in [0.05, 0.1) is 19.1 Å². The van der Waals surface area contributed by atoms with Gasteiger partial charge in [0.1, 0.15) is 13.2 Å². The lowest BCUT2D eigenvalue weighted by Gasteiger charge is -2.21. The summed E-state index contributed by atoms with van der Waals surface area (Å²) < 4.78 is 48.4. The number of ether oxygens (including phenoxy) is 4. The van der Waals surface area contributed by atoms with Gasteiger partial charge < -0.3 is 18.9 Å². The number of nitrogens with zero attached hydrogens (tertiary/aromatic N) is 1. The zero-order chi connectivity index (χ0) is 18.7. The van der Waals surface area contributed by atoms with Crippen LogP contribution in [0.1, 0.15) is 5.56 Å². The molecule has 2 aromatic carbocycles. The Morgan fingerprint density at radius 3 is 2.35 bits per heavy atom. The summed E-state index contributed by atoms with van der Waals surface area (Å²) in [5.41, 5.74) is 0.806. The molecular weight excluding hydrogens is 358 g/mol. The second-order valence-corrected chi connectivity index (χ2v) is 7.80. The van der Waals surface area contributed by atoms with E-state index in [1.807, 2.05) is 6.07 Å². The van der Waals surface area contributed by atoms with Crippen molar-refractivity contribution in [2.75, 3.05) is 34.5 Å². The third kappa shape index (κ3) is 3.56. The zero-order valence-electron chi connectivity index (χ0n) is 14.9. The third-order valence-corrected chi connectivity index (χ3v) is 5.87. The Morgan fingerprint density at radius 2 is 1.65 bits per heavy atom. The highest BCUT2D eigenvalue weighted by atomic mass is 32.2. The normalized spacial score (nSPS) is 13.5. The average molecular weight is 379 g/mol. The van der Waals surface area contributed by atoms with Gasteiger partial charge in [-0.1, -0.05) is 6.07 Å². The Kier molecular flexibility index (Phi) is 5.24. The van der Waals surface area contributed by atoms with Crippen LogP contribution in [0, 0.1) is 0 Å². The van der Waals surface area contributed by atoms with Gasteiger partial charge in [-0.2, -0.15) is 4.31 Å². The van der Waals surface area contributed by atoms with Crippen LogP contribution in [0.3, 0.4) is 0 Å². The van der Waals surface area contributed by atoms with Crippen LogP contribution in [0.2, 0.25) is 0 Å². The summed E-state index contributed by atoms with van der Waals surface area (Å²) in [6.07, 6.45) is 0. The minimum Gasteiger partial charge on any atom is -0.493 e. The first-order chi connectivity index (χ1) is 12.5. The summed E-state index contributed by atoms with van der Waals surface area (Å²) in [4.78, 5) is 0.134. The van der Waals surface area contributed by atoms with Crippen molar-refractivity contribution in [1.29, 1.82) is 0 Å². The minimum absolute atomic E-state index is 0.134. The van der Waals surface area contributed by atoms with Gasteiger partial charge in [-0.05, 0) is 29.8 Å². The second kappa shape index (κ2) is 7.43. The number of hydrogen-bond acceptors (Lipinski definition) is 6. The lowest BCUT2D eigenvalue weighted by Crippen LogP contribution is -2.26. The van der Waals surface area contributed by atoms with Gasteiger partial charge in [0.15, 0.2) is 23.0 Å². The van der Waals surface area contributed by atoms with Crippen LogP contribution in [0.15, 0.2) is 41.3 Å². The van der Waals surface area contributed by atoms with Crippen LogP contribution in [0.4, 0.5) is 0 Å². The highest BCUT2D eigenvalue weighted by molar-refractivity contribution is 7.89. The zero-order valence-corrected chi connectivity index (χ0v) is 15.7. The van der Waals surface area contributed by atoms with Crippen molar-refractivity contribution in [1.82, 2.24) is 4.31 Å². The van der Waals surface area contributed by atoms with Crippen LogP contribution in [-0.4, -0.2) is 47.2 Å². The van der Waals surface area contributed by atoms with Crippen molar-refractivity contribution >= 4 is 10.0 Å². The maximum Gasteiger partial charge on any atom is 0.243 e. The molecule has 3 rings (SSSR count). The summed E-state index contributed by atoms with van der Waals surface area (Å²) >= 11 is 0. The summed E-state index contributed by atoms with van der Waals surface area (Å²) in [6, 6.07) is 9.94. The van der Waals surface area contributed by atoms with Gasteiger partial charge in [0, 0.05) is 19.7 Å². The molecule has 0 amide bonds. The fourth-order valence-corrected chi connectivity index (χ4v) is 3.86. The fourth-order valence-electron chi connectivity index (χ4n) is 2.69. The molecule has 26 heavy (non-hydrogen) atoms. The monoisotopic (exact) mass is 379 g/mol. The number of rotatable bonds is 6. The first-order valence-corrected chi connectivity index (χ1v) is 9.46. The molecule has 0 saturated carbocycles. The van der Waals surface area contributed by atoms with E-state index in [0.717, 1.165) is 5.56 Å². The van der Waals surface area contributed by atoms with Gasteiger partial charge in [-0.3, -0.25) is 0 Å². The van der Waals surface area contributed by atoms with Crippen molar-refractivity contribution in [2.24, 2.45) is 0 Å². The van der Waals surface area contributed by atoms with Crippen LogP contribution < -0.4 is 18.9 Å². The molecule has 0 spiro atoms. The number of sulfonamides is 1. The molecule has 0 radical (unpaired) electrons. The molecule has 2 aromatic rings. The molecule has 0 fully saturated rings. The smallest absolute Gasteiger partial charge is 0.243 e. The molecule has 0 aliphatic carbocycles. The minimum atomic E-state index is -3.69. The maximum absolute atomic E-state index is 12.9. The van der Waals surface area contributed by atoms with E-state index in [9.17, 15) is 8.42 Å². The quantitative estimate of drug-likeness (QED) is 0.767. The Bertz CT molecular complexity index is 897. The van der Waals surface area contributed by atoms with Crippen molar-refractivity contribution in [2.45, 2.75) is 11.4 Å². The SMILES string of the molecule is COc1ccc(S(=O)(=O)N(C)Cc2ccc3c(c2)OCCO3)cc1OC. The lowest BCUT2D eigenvalue weighted by atomic mass is 10.2. The standard InChI is InChI=1S/C18H21NO6S/c1-19(12-13-4-6-16-18(10-13)25-9-8-24-16)26(20,21)14-5-7-15(22-2)17(11-14)23-3/h4-7,10-11H,8-9,12H2,1-3H3. The molecule has 140 valence electrons. The Balaban J connectivity index is 1.83. The van der Waals surface area contributed by atoms with Gasteiger partial charge in [-0.15, -0.1) is 0 Å². The van der Waals surface area contributed by atoms with E-state index in [1.165, 1.54) is 37.7 Å². The van der Waals surface area contributed by atoms with Gasteiger partial charge in [0.2, 0.25) is 10.0 Å². The van der Waals surface area contributed by atoms with Gasteiger partial charge >= 0.3 is 0 Å². The van der Waals surface area contributed by atoms with E-state index in [4.69, 9.17) is 18.9 Å². The molecule has 0 N–H and O–H groups in total. The number of benzene rings is 2. The van der Waals surface area contributed by atoms with Crippen molar-refractivity contribution in [3.8, 4) is 23.0 Å². The summed E-state index contributed by atoms with van der Waals surface area (Å²) in [5, 5.41) is 0. The van der Waals surface area contributed by atoms with Crippen molar-refractivity contribution in [3.63, 3.8) is 0 Å². The molecule has 0 unspecified atom stereocenters.